The van der Waals surface area contributed by atoms with Crippen molar-refractivity contribution >= 4 is 11.6 Å². The first-order valence-corrected chi connectivity index (χ1v) is 8.45. The average Bonchev–Trinajstić information content (AvgIpc) is 2.65. The Morgan fingerprint density at radius 1 is 1.12 bits per heavy atom. The molecule has 0 radical (unpaired) electrons. The number of rotatable bonds is 4. The van der Waals surface area contributed by atoms with Crippen LogP contribution in [0.2, 0.25) is 0 Å². The number of amides is 1. The topological polar surface area (TPSA) is 59.4 Å². The maximum absolute atomic E-state index is 12.3. The summed E-state index contributed by atoms with van der Waals surface area (Å²) in [6.07, 6.45) is 0. The summed E-state index contributed by atoms with van der Waals surface area (Å²) in [5.74, 6) is -0.205. The molecule has 128 valence electrons. The van der Waals surface area contributed by atoms with Crippen LogP contribution in [0.15, 0.2) is 48.5 Å². The number of piperazine rings is 1. The monoisotopic (exact) mass is 334 g/mol. The molecule has 1 fully saturated rings. The molecule has 1 amide bonds. The molecule has 0 aliphatic carbocycles. The molecule has 5 nitrogen and oxygen atoms in total. The number of benzene rings is 2. The highest BCUT2D eigenvalue weighted by Crippen LogP contribution is 2.14. The van der Waals surface area contributed by atoms with Crippen LogP contribution in [-0.4, -0.2) is 48.9 Å². The van der Waals surface area contributed by atoms with Gasteiger partial charge in [0.1, 0.15) is 0 Å². The predicted molar refractivity (Wildman–Crippen MR) is 98.3 cm³/mol. The van der Waals surface area contributed by atoms with Gasteiger partial charge in [-0.25, -0.2) is 0 Å². The summed E-state index contributed by atoms with van der Waals surface area (Å²) in [6, 6.07) is 16.7. The van der Waals surface area contributed by atoms with Crippen LogP contribution in [0.25, 0.3) is 0 Å². The standard InChI is InChI=1S/C20H22N4O/c1-23-9-11-24(12-10-23)15-16-5-7-19(8-6-16)22-20(25)18-4-2-3-17(13-18)14-21/h2-8,13H,9-12,15H2,1H3,(H,22,25). The molecule has 1 aliphatic rings. The number of nitrogens with one attached hydrogen (secondary N) is 1. The summed E-state index contributed by atoms with van der Waals surface area (Å²) in [4.78, 5) is 17.1. The number of carbonyl (C=O) groups is 1. The minimum atomic E-state index is -0.205. The van der Waals surface area contributed by atoms with Gasteiger partial charge in [-0.3, -0.25) is 9.69 Å². The highest BCUT2D eigenvalue weighted by Gasteiger charge is 2.14. The Kier molecular flexibility index (Phi) is 5.44. The van der Waals surface area contributed by atoms with Gasteiger partial charge in [-0.2, -0.15) is 5.26 Å². The minimum absolute atomic E-state index is 0.205. The quantitative estimate of drug-likeness (QED) is 0.933. The maximum Gasteiger partial charge on any atom is 0.255 e. The molecule has 25 heavy (non-hydrogen) atoms. The molecular formula is C20H22N4O. The van der Waals surface area contributed by atoms with Crippen molar-refractivity contribution in [2.24, 2.45) is 0 Å². The van der Waals surface area contributed by atoms with Crippen molar-refractivity contribution in [3.05, 3.63) is 65.2 Å². The van der Waals surface area contributed by atoms with Crippen LogP contribution in [0.1, 0.15) is 21.5 Å². The Bertz CT molecular complexity index is 771. The summed E-state index contributed by atoms with van der Waals surface area (Å²) in [5.41, 5.74) is 2.97. The number of anilines is 1. The van der Waals surface area contributed by atoms with Crippen LogP contribution < -0.4 is 5.32 Å². The Morgan fingerprint density at radius 3 is 2.52 bits per heavy atom. The third kappa shape index (κ3) is 4.66. The highest BCUT2D eigenvalue weighted by atomic mass is 16.1. The lowest BCUT2D eigenvalue weighted by molar-refractivity contribution is 0.102. The molecule has 0 bridgehead atoms. The second kappa shape index (κ2) is 7.93. The van der Waals surface area contributed by atoms with E-state index in [1.165, 1.54) is 5.56 Å². The molecule has 0 atom stereocenters. The van der Waals surface area contributed by atoms with Gasteiger partial charge in [-0.15, -0.1) is 0 Å². The fourth-order valence-corrected chi connectivity index (χ4v) is 2.89. The van der Waals surface area contributed by atoms with Crippen molar-refractivity contribution in [2.75, 3.05) is 38.5 Å². The highest BCUT2D eigenvalue weighted by molar-refractivity contribution is 6.04. The van der Waals surface area contributed by atoms with E-state index in [9.17, 15) is 4.79 Å². The molecular weight excluding hydrogens is 312 g/mol. The summed E-state index contributed by atoms with van der Waals surface area (Å²) in [5, 5.41) is 11.8. The maximum atomic E-state index is 12.3. The van der Waals surface area contributed by atoms with Gasteiger partial charge in [0.25, 0.3) is 5.91 Å². The Morgan fingerprint density at radius 2 is 1.84 bits per heavy atom. The van der Waals surface area contributed by atoms with Crippen LogP contribution in [0.3, 0.4) is 0 Å². The molecule has 3 rings (SSSR count). The Labute approximate surface area is 148 Å². The van der Waals surface area contributed by atoms with E-state index < -0.39 is 0 Å². The van der Waals surface area contributed by atoms with Gasteiger partial charge in [0.2, 0.25) is 0 Å². The molecule has 0 spiro atoms. The van der Waals surface area contributed by atoms with Gasteiger partial charge in [-0.1, -0.05) is 18.2 Å². The van der Waals surface area contributed by atoms with Crippen molar-refractivity contribution < 1.29 is 4.79 Å². The van der Waals surface area contributed by atoms with E-state index >= 15 is 0 Å². The number of hydrogen-bond acceptors (Lipinski definition) is 4. The summed E-state index contributed by atoms with van der Waals surface area (Å²) in [6.45, 7) is 5.33. The van der Waals surface area contributed by atoms with Crippen LogP contribution in [0, 0.1) is 11.3 Å². The van der Waals surface area contributed by atoms with E-state index in [4.69, 9.17) is 5.26 Å². The fraction of sp³-hybridized carbons (Fsp3) is 0.300. The first-order chi connectivity index (χ1) is 12.1. The van der Waals surface area contributed by atoms with Gasteiger partial charge in [0.15, 0.2) is 0 Å². The first kappa shape index (κ1) is 17.2. The third-order valence-corrected chi connectivity index (χ3v) is 4.47. The second-order valence-electron chi connectivity index (χ2n) is 6.42. The lowest BCUT2D eigenvalue weighted by Crippen LogP contribution is -2.43. The van der Waals surface area contributed by atoms with Gasteiger partial charge in [-0.05, 0) is 42.9 Å². The van der Waals surface area contributed by atoms with E-state index in [1.807, 2.05) is 18.2 Å². The van der Waals surface area contributed by atoms with Crippen molar-refractivity contribution in [3.8, 4) is 6.07 Å². The second-order valence-corrected chi connectivity index (χ2v) is 6.42. The zero-order valence-electron chi connectivity index (χ0n) is 14.4. The van der Waals surface area contributed by atoms with E-state index in [0.29, 0.717) is 11.1 Å². The third-order valence-electron chi connectivity index (χ3n) is 4.47. The van der Waals surface area contributed by atoms with Crippen molar-refractivity contribution in [1.29, 1.82) is 5.26 Å². The summed E-state index contributed by atoms with van der Waals surface area (Å²) >= 11 is 0. The number of likely N-dealkylation sites (N-methyl/N-ethyl adjacent to an activating group) is 1. The molecule has 0 aromatic heterocycles. The van der Waals surface area contributed by atoms with Crippen molar-refractivity contribution in [2.45, 2.75) is 6.54 Å². The smallest absolute Gasteiger partial charge is 0.255 e. The molecule has 0 unspecified atom stereocenters. The number of hydrogen-bond donors (Lipinski definition) is 1. The molecule has 0 saturated carbocycles. The van der Waals surface area contributed by atoms with Crippen LogP contribution >= 0.6 is 0 Å². The minimum Gasteiger partial charge on any atom is -0.322 e. The number of nitrogens with zero attached hydrogens (tertiary/aromatic N) is 3. The lowest BCUT2D eigenvalue weighted by atomic mass is 10.1. The SMILES string of the molecule is CN1CCN(Cc2ccc(NC(=O)c3cccc(C#N)c3)cc2)CC1. The van der Waals surface area contributed by atoms with Gasteiger partial charge in [0.05, 0.1) is 11.6 Å². The summed E-state index contributed by atoms with van der Waals surface area (Å²) < 4.78 is 0. The zero-order chi connectivity index (χ0) is 17.6. The lowest BCUT2D eigenvalue weighted by Gasteiger charge is -2.32. The molecule has 1 aliphatic heterocycles. The van der Waals surface area contributed by atoms with E-state index in [0.717, 1.165) is 38.4 Å². The molecule has 1 N–H and O–H groups in total. The van der Waals surface area contributed by atoms with E-state index in [1.54, 1.807) is 24.3 Å². The number of carbonyl (C=O) groups excluding carboxylic acids is 1. The number of nitriles is 1. The van der Waals surface area contributed by atoms with E-state index in [-0.39, 0.29) is 5.91 Å². The average molecular weight is 334 g/mol. The normalized spacial score (nSPS) is 15.5. The molecule has 5 heteroatoms. The van der Waals surface area contributed by atoms with Crippen LogP contribution in [0.5, 0.6) is 0 Å². The van der Waals surface area contributed by atoms with Crippen molar-refractivity contribution in [3.63, 3.8) is 0 Å². The summed E-state index contributed by atoms with van der Waals surface area (Å²) in [7, 11) is 2.15. The Hall–Kier alpha value is -2.68. The van der Waals surface area contributed by atoms with E-state index in [2.05, 4.69) is 34.3 Å². The van der Waals surface area contributed by atoms with Crippen LogP contribution in [0.4, 0.5) is 5.69 Å². The van der Waals surface area contributed by atoms with Crippen LogP contribution in [-0.2, 0) is 6.54 Å². The zero-order valence-corrected chi connectivity index (χ0v) is 14.4. The largest absolute Gasteiger partial charge is 0.322 e. The molecule has 2 aromatic rings. The van der Waals surface area contributed by atoms with Gasteiger partial charge in [0, 0.05) is 44.0 Å². The molecule has 2 aromatic carbocycles. The predicted octanol–water partition coefficient (Wildman–Crippen LogP) is 2.56. The van der Waals surface area contributed by atoms with Crippen molar-refractivity contribution in [1.82, 2.24) is 9.80 Å². The fourth-order valence-electron chi connectivity index (χ4n) is 2.89. The molecule has 1 heterocycles. The first-order valence-electron chi connectivity index (χ1n) is 8.45. The van der Waals surface area contributed by atoms with Gasteiger partial charge >= 0.3 is 0 Å². The Balaban J connectivity index is 1.58. The van der Waals surface area contributed by atoms with Gasteiger partial charge < -0.3 is 10.2 Å². The molecule has 1 saturated heterocycles.